The van der Waals surface area contributed by atoms with E-state index < -0.39 is 5.97 Å². The second-order valence-corrected chi connectivity index (χ2v) is 7.48. The molecule has 12 heteroatoms. The van der Waals surface area contributed by atoms with Gasteiger partial charge >= 0.3 is 5.97 Å². The van der Waals surface area contributed by atoms with Gasteiger partial charge in [-0.25, -0.2) is 0 Å². The van der Waals surface area contributed by atoms with Gasteiger partial charge in [-0.3, -0.25) is 9.59 Å². The van der Waals surface area contributed by atoms with E-state index in [4.69, 9.17) is 43.0 Å². The Labute approximate surface area is 218 Å². The first-order chi connectivity index (χ1) is 18.1. The Balaban J connectivity index is 1.72. The van der Waals surface area contributed by atoms with Crippen LogP contribution in [0.2, 0.25) is 0 Å². The molecule has 0 unspecified atom stereocenters. The van der Waals surface area contributed by atoms with Crippen molar-refractivity contribution in [3.8, 4) is 5.75 Å². The third-order valence-electron chi connectivity index (χ3n) is 4.36. The van der Waals surface area contributed by atoms with Crippen molar-refractivity contribution in [3.05, 3.63) is 24.3 Å². The summed E-state index contributed by atoms with van der Waals surface area (Å²) in [5.41, 5.74) is 0.727. The molecule has 0 aromatic heterocycles. The van der Waals surface area contributed by atoms with Crippen molar-refractivity contribution in [2.45, 2.75) is 13.3 Å². The summed E-state index contributed by atoms with van der Waals surface area (Å²) in [6.45, 7) is 8.01. The zero-order valence-electron chi connectivity index (χ0n) is 21.7. The summed E-state index contributed by atoms with van der Waals surface area (Å²) in [4.78, 5) is 21.3. The summed E-state index contributed by atoms with van der Waals surface area (Å²) < 4.78 is 43.1. The first-order valence-electron chi connectivity index (χ1n) is 12.3. The Morgan fingerprint density at radius 3 is 1.30 bits per heavy atom. The molecular formula is C25H41NO11. The molecule has 37 heavy (non-hydrogen) atoms. The predicted octanol–water partition coefficient (Wildman–Crippen LogP) is 1.61. The smallest absolute Gasteiger partial charge is 0.305 e. The average molecular weight is 532 g/mol. The van der Waals surface area contributed by atoms with E-state index in [1.807, 2.05) is 0 Å². The largest absolute Gasteiger partial charge is 0.491 e. The molecule has 0 bridgehead atoms. The minimum absolute atomic E-state index is 0.00315. The van der Waals surface area contributed by atoms with Gasteiger partial charge in [-0.15, -0.1) is 0 Å². The molecular weight excluding hydrogens is 490 g/mol. The fourth-order valence-electron chi connectivity index (χ4n) is 2.64. The van der Waals surface area contributed by atoms with Gasteiger partial charge in [0.25, 0.3) is 0 Å². The first kappa shape index (κ1) is 32.7. The molecule has 0 aliphatic rings. The van der Waals surface area contributed by atoms with Crippen LogP contribution in [0.1, 0.15) is 13.3 Å². The number of carbonyl (C=O) groups is 2. The summed E-state index contributed by atoms with van der Waals surface area (Å²) in [6.07, 6.45) is -0.00315. The number of carboxylic acid groups (broad SMARTS) is 1. The molecule has 1 rings (SSSR count). The Morgan fingerprint density at radius 1 is 0.595 bits per heavy atom. The zero-order chi connectivity index (χ0) is 26.8. The summed E-state index contributed by atoms with van der Waals surface area (Å²) in [5.74, 6) is -0.277. The number of rotatable bonds is 26. The Kier molecular flexibility index (Phi) is 21.3. The van der Waals surface area contributed by atoms with Crippen molar-refractivity contribution in [3.63, 3.8) is 0 Å². The fourth-order valence-corrected chi connectivity index (χ4v) is 2.64. The van der Waals surface area contributed by atoms with Crippen LogP contribution < -0.4 is 10.1 Å². The number of carbonyl (C=O) groups excluding carboxylic acids is 1. The normalized spacial score (nSPS) is 10.9. The quantitative estimate of drug-likeness (QED) is 0.169. The Morgan fingerprint density at radius 2 is 0.946 bits per heavy atom. The highest BCUT2D eigenvalue weighted by atomic mass is 16.6. The van der Waals surface area contributed by atoms with E-state index in [2.05, 4.69) is 5.32 Å². The molecule has 0 aliphatic carbocycles. The number of carboxylic acids is 1. The molecule has 12 nitrogen and oxygen atoms in total. The van der Waals surface area contributed by atoms with E-state index in [1.165, 1.54) is 6.92 Å². The van der Waals surface area contributed by atoms with Gasteiger partial charge in [0.1, 0.15) is 12.4 Å². The molecule has 0 atom stereocenters. The molecule has 0 aliphatic heterocycles. The number of aliphatic carboxylic acids is 1. The fraction of sp³-hybridized carbons (Fsp3) is 0.680. The molecule has 2 N–H and O–H groups in total. The average Bonchev–Trinajstić information content (AvgIpc) is 2.87. The monoisotopic (exact) mass is 531 g/mol. The van der Waals surface area contributed by atoms with Gasteiger partial charge in [0.2, 0.25) is 5.91 Å². The van der Waals surface area contributed by atoms with Crippen molar-refractivity contribution in [2.24, 2.45) is 0 Å². The lowest BCUT2D eigenvalue weighted by Crippen LogP contribution is -2.15. The topological polar surface area (TPSA) is 140 Å². The summed E-state index contributed by atoms with van der Waals surface area (Å²) in [7, 11) is 0. The van der Waals surface area contributed by atoms with Gasteiger partial charge in [-0.2, -0.15) is 0 Å². The van der Waals surface area contributed by atoms with Gasteiger partial charge in [0, 0.05) is 12.6 Å². The second-order valence-electron chi connectivity index (χ2n) is 7.48. The number of ether oxygens (including phenoxy) is 8. The minimum atomic E-state index is -0.876. The van der Waals surface area contributed by atoms with Crippen molar-refractivity contribution in [2.75, 3.05) is 104 Å². The first-order valence-corrected chi connectivity index (χ1v) is 12.3. The highest BCUT2D eigenvalue weighted by molar-refractivity contribution is 5.88. The lowest BCUT2D eigenvalue weighted by atomic mass is 10.3. The van der Waals surface area contributed by atoms with E-state index in [9.17, 15) is 9.59 Å². The number of nitrogens with one attached hydrogen (secondary N) is 1. The van der Waals surface area contributed by atoms with Crippen LogP contribution in [0.15, 0.2) is 24.3 Å². The standard InChI is InChI=1S/C25H41NO11/c1-22(27)26-23-2-4-24(5-3-23)37-21-20-36-19-18-35-17-16-34-15-14-33-13-12-32-11-10-31-9-8-30-7-6-25(28)29/h2-5H,6-21H2,1H3,(H,26,27)(H,28,29). The highest BCUT2D eigenvalue weighted by Gasteiger charge is 1.99. The van der Waals surface area contributed by atoms with E-state index in [1.54, 1.807) is 24.3 Å². The van der Waals surface area contributed by atoms with Crippen LogP contribution in [0.3, 0.4) is 0 Å². The van der Waals surface area contributed by atoms with Crippen LogP contribution in [-0.4, -0.2) is 116 Å². The maximum absolute atomic E-state index is 11.0. The van der Waals surface area contributed by atoms with Crippen LogP contribution in [0.25, 0.3) is 0 Å². The summed E-state index contributed by atoms with van der Waals surface area (Å²) in [6, 6.07) is 7.14. The molecule has 1 amide bonds. The third kappa shape index (κ3) is 22.6. The van der Waals surface area contributed by atoms with Crippen molar-refractivity contribution in [1.29, 1.82) is 0 Å². The van der Waals surface area contributed by atoms with Crippen LogP contribution in [0, 0.1) is 0 Å². The van der Waals surface area contributed by atoms with Gasteiger partial charge < -0.3 is 48.3 Å². The molecule has 0 saturated carbocycles. The van der Waals surface area contributed by atoms with Crippen molar-refractivity contribution in [1.82, 2.24) is 0 Å². The maximum atomic E-state index is 11.0. The second kappa shape index (κ2) is 24.0. The molecule has 1 aromatic rings. The van der Waals surface area contributed by atoms with Crippen LogP contribution >= 0.6 is 0 Å². The Bertz CT molecular complexity index is 688. The van der Waals surface area contributed by atoms with Crippen LogP contribution in [0.4, 0.5) is 5.69 Å². The molecule has 0 heterocycles. The predicted molar refractivity (Wildman–Crippen MR) is 134 cm³/mol. The van der Waals surface area contributed by atoms with E-state index >= 15 is 0 Å². The van der Waals surface area contributed by atoms with Gasteiger partial charge in [-0.1, -0.05) is 0 Å². The Hall–Kier alpha value is -2.32. The lowest BCUT2D eigenvalue weighted by molar-refractivity contribution is -0.138. The highest BCUT2D eigenvalue weighted by Crippen LogP contribution is 2.15. The molecule has 0 saturated heterocycles. The number of hydrogen-bond acceptors (Lipinski definition) is 10. The number of benzene rings is 1. The van der Waals surface area contributed by atoms with Gasteiger partial charge in [0.05, 0.1) is 98.9 Å². The van der Waals surface area contributed by atoms with E-state index in [-0.39, 0.29) is 18.9 Å². The third-order valence-corrected chi connectivity index (χ3v) is 4.36. The van der Waals surface area contributed by atoms with E-state index in [0.717, 1.165) is 5.69 Å². The zero-order valence-corrected chi connectivity index (χ0v) is 21.7. The van der Waals surface area contributed by atoms with Gasteiger partial charge in [-0.05, 0) is 24.3 Å². The van der Waals surface area contributed by atoms with Crippen molar-refractivity contribution < 1.29 is 52.6 Å². The number of anilines is 1. The summed E-state index contributed by atoms with van der Waals surface area (Å²) >= 11 is 0. The molecule has 1 aromatic carbocycles. The van der Waals surface area contributed by atoms with Crippen LogP contribution in [0.5, 0.6) is 5.75 Å². The lowest BCUT2D eigenvalue weighted by Gasteiger charge is -2.09. The minimum Gasteiger partial charge on any atom is -0.491 e. The van der Waals surface area contributed by atoms with Crippen LogP contribution in [-0.2, 0) is 42.7 Å². The number of hydrogen-bond donors (Lipinski definition) is 2. The van der Waals surface area contributed by atoms with Gasteiger partial charge in [0.15, 0.2) is 0 Å². The molecule has 212 valence electrons. The SMILES string of the molecule is CC(=O)Nc1ccc(OCCOCCOCCOCCOCCOCCOCCOCCC(=O)O)cc1. The molecule has 0 fully saturated rings. The van der Waals surface area contributed by atoms with E-state index in [0.29, 0.717) is 98.2 Å². The summed E-state index contributed by atoms with van der Waals surface area (Å²) in [5, 5.41) is 11.2. The molecule has 0 spiro atoms. The van der Waals surface area contributed by atoms with Crippen molar-refractivity contribution >= 4 is 17.6 Å². The molecule has 0 radical (unpaired) electrons. The number of amides is 1. The maximum Gasteiger partial charge on any atom is 0.305 e.